The molecule has 5 rings (SSSR count). The first-order chi connectivity index (χ1) is 21.2. The highest BCUT2D eigenvalue weighted by molar-refractivity contribution is 5.99. The Balaban J connectivity index is 1.24. The zero-order chi connectivity index (χ0) is 31.1. The van der Waals surface area contributed by atoms with E-state index in [2.05, 4.69) is 58.6 Å². The molecule has 2 aliphatic rings. The molecule has 2 saturated heterocycles. The van der Waals surface area contributed by atoms with E-state index in [1.54, 1.807) is 6.08 Å². The number of rotatable bonds is 12. The number of likely N-dealkylation sites (tertiary alicyclic amines) is 2. The molecule has 1 amide bonds. The van der Waals surface area contributed by atoms with Gasteiger partial charge in [0.15, 0.2) is 5.65 Å². The predicted molar refractivity (Wildman–Crippen MR) is 175 cm³/mol. The second-order valence-corrected chi connectivity index (χ2v) is 12.8. The van der Waals surface area contributed by atoms with Crippen molar-refractivity contribution < 1.29 is 9.53 Å². The van der Waals surface area contributed by atoms with Crippen LogP contribution in [0.2, 0.25) is 0 Å². The van der Waals surface area contributed by atoms with E-state index in [0.29, 0.717) is 23.9 Å². The summed E-state index contributed by atoms with van der Waals surface area (Å²) in [7, 11) is 6.10. The minimum Gasteiger partial charge on any atom is -0.460 e. The first-order valence-corrected chi connectivity index (χ1v) is 16.0. The highest BCUT2D eigenvalue weighted by Crippen LogP contribution is 2.26. The van der Waals surface area contributed by atoms with E-state index in [0.717, 1.165) is 75.4 Å². The zero-order valence-electron chi connectivity index (χ0n) is 27.0. The third-order valence-corrected chi connectivity index (χ3v) is 8.53. The van der Waals surface area contributed by atoms with Gasteiger partial charge in [-0.25, -0.2) is 0 Å². The lowest BCUT2D eigenvalue weighted by Crippen LogP contribution is -2.43. The number of fused-ring (bicyclic) bond motifs is 1. The Hall–Kier alpha value is -3.54. The third kappa shape index (κ3) is 8.55. The Bertz CT molecular complexity index is 1390. The van der Waals surface area contributed by atoms with Gasteiger partial charge in [-0.2, -0.15) is 19.6 Å². The summed E-state index contributed by atoms with van der Waals surface area (Å²) < 4.78 is 8.16. The van der Waals surface area contributed by atoms with Crippen molar-refractivity contribution >= 4 is 23.2 Å². The second-order valence-electron chi connectivity index (χ2n) is 12.8. The van der Waals surface area contributed by atoms with Gasteiger partial charge in [-0.15, -0.1) is 0 Å². The number of nitrogens with zero attached hydrogens (tertiary/aromatic N) is 7. The van der Waals surface area contributed by atoms with Crippen LogP contribution in [0.4, 0.5) is 11.6 Å². The van der Waals surface area contributed by atoms with Crippen molar-refractivity contribution in [3.05, 3.63) is 53.7 Å². The van der Waals surface area contributed by atoms with Crippen LogP contribution in [0.1, 0.15) is 63.0 Å². The summed E-state index contributed by atoms with van der Waals surface area (Å²) in [6.45, 7) is 9.74. The highest BCUT2D eigenvalue weighted by Gasteiger charge is 2.25. The van der Waals surface area contributed by atoms with Gasteiger partial charge in [0.1, 0.15) is 6.10 Å². The van der Waals surface area contributed by atoms with Crippen LogP contribution in [0.25, 0.3) is 5.65 Å². The van der Waals surface area contributed by atoms with Crippen molar-refractivity contribution in [2.24, 2.45) is 0 Å². The van der Waals surface area contributed by atoms with Crippen molar-refractivity contribution in [2.75, 3.05) is 64.5 Å². The number of nitrogens with one attached hydrogen (secondary N) is 2. The van der Waals surface area contributed by atoms with Gasteiger partial charge in [-0.05, 0) is 77.0 Å². The number of ether oxygens (including phenoxy) is 1. The smallest absolute Gasteiger partial charge is 0.322 e. The fourth-order valence-corrected chi connectivity index (χ4v) is 5.89. The van der Waals surface area contributed by atoms with Gasteiger partial charge in [-0.3, -0.25) is 9.69 Å². The third-order valence-electron chi connectivity index (χ3n) is 8.53. The van der Waals surface area contributed by atoms with Gasteiger partial charge < -0.3 is 25.2 Å². The summed E-state index contributed by atoms with van der Waals surface area (Å²) in [5, 5.41) is 11.2. The van der Waals surface area contributed by atoms with Crippen LogP contribution in [0.15, 0.2) is 42.6 Å². The minimum atomic E-state index is -0.113. The molecule has 2 aromatic heterocycles. The number of likely N-dealkylation sites (N-methyl/N-ethyl adjacent to an activating group) is 1. The Kier molecular flexibility index (Phi) is 10.8. The van der Waals surface area contributed by atoms with Crippen molar-refractivity contribution in [3.8, 4) is 6.01 Å². The molecule has 2 fully saturated rings. The van der Waals surface area contributed by atoms with E-state index >= 15 is 0 Å². The zero-order valence-corrected chi connectivity index (χ0v) is 27.0. The molecule has 238 valence electrons. The molecular formula is C33H49N9O2. The van der Waals surface area contributed by atoms with Crippen molar-refractivity contribution in [3.63, 3.8) is 0 Å². The van der Waals surface area contributed by atoms with Crippen molar-refractivity contribution in [1.82, 2.24) is 34.3 Å². The van der Waals surface area contributed by atoms with Gasteiger partial charge in [0, 0.05) is 56.1 Å². The lowest BCUT2D eigenvalue weighted by Gasteiger charge is -2.36. The Morgan fingerprint density at radius 1 is 1.09 bits per heavy atom. The topological polar surface area (TPSA) is 103 Å². The summed E-state index contributed by atoms with van der Waals surface area (Å²) in [5.41, 5.74) is 3.93. The summed E-state index contributed by atoms with van der Waals surface area (Å²) in [5.74, 6) is 0.854. The fourth-order valence-electron chi connectivity index (χ4n) is 5.89. The number of hydrogen-bond acceptors (Lipinski definition) is 9. The highest BCUT2D eigenvalue weighted by atomic mass is 16.5. The Morgan fingerprint density at radius 2 is 1.86 bits per heavy atom. The quantitative estimate of drug-likeness (QED) is 0.294. The van der Waals surface area contributed by atoms with E-state index in [9.17, 15) is 4.79 Å². The number of carbonyl (C=O) groups excluding carboxylic acids is 1. The van der Waals surface area contributed by atoms with Crippen molar-refractivity contribution in [1.29, 1.82) is 0 Å². The van der Waals surface area contributed by atoms with Gasteiger partial charge >= 0.3 is 6.01 Å². The molecule has 1 unspecified atom stereocenters. The molecule has 1 atom stereocenters. The Morgan fingerprint density at radius 3 is 2.59 bits per heavy atom. The molecule has 44 heavy (non-hydrogen) atoms. The average Bonchev–Trinajstić information content (AvgIpc) is 3.43. The standard InChI is InChI=1S/C33H49N9O2/c1-24(2)29-22-35-42-31(29)37-33(44-28-15-19-40(5)20-16-28)38-32(42)34-21-27-9-6-7-18-41(27)23-25-11-13-26(14-12-25)36-30(43)10-8-17-39(3)4/h8,10-14,22,24,27-28H,6-7,9,15-21,23H2,1-5H3,(H,36,43)(H,34,37,38). The fraction of sp³-hybridized carbons (Fsp3) is 0.576. The SMILES string of the molecule is CC(C)c1cnn2c(NCC3CCCCN3Cc3ccc(NC(=O)C=CCN(C)C)cc3)nc(OC3CCN(C)CC3)nc12. The van der Waals surface area contributed by atoms with Crippen LogP contribution in [0.5, 0.6) is 6.01 Å². The van der Waals surface area contributed by atoms with E-state index in [1.165, 1.54) is 18.4 Å². The minimum absolute atomic E-state index is 0.113. The first kappa shape index (κ1) is 31.9. The van der Waals surface area contributed by atoms with Crippen LogP contribution >= 0.6 is 0 Å². The van der Waals surface area contributed by atoms with Crippen LogP contribution in [0.3, 0.4) is 0 Å². The monoisotopic (exact) mass is 603 g/mol. The number of piperidine rings is 2. The molecule has 11 nitrogen and oxygen atoms in total. The summed E-state index contributed by atoms with van der Waals surface area (Å²) in [6, 6.07) is 8.97. The van der Waals surface area contributed by atoms with E-state index in [1.807, 2.05) is 47.9 Å². The molecule has 0 spiro atoms. The normalized spacial score (nSPS) is 18.9. The number of aromatic nitrogens is 4. The molecule has 0 saturated carbocycles. The molecule has 1 aromatic carbocycles. The summed E-state index contributed by atoms with van der Waals surface area (Å²) in [6.07, 6.45) is 10.9. The van der Waals surface area contributed by atoms with E-state index < -0.39 is 0 Å². The molecule has 4 heterocycles. The maximum Gasteiger partial charge on any atom is 0.322 e. The predicted octanol–water partition coefficient (Wildman–Crippen LogP) is 4.24. The lowest BCUT2D eigenvalue weighted by molar-refractivity contribution is -0.111. The number of hydrogen-bond donors (Lipinski definition) is 2. The van der Waals surface area contributed by atoms with E-state index in [-0.39, 0.29) is 12.0 Å². The summed E-state index contributed by atoms with van der Waals surface area (Å²) in [4.78, 5) is 28.7. The van der Waals surface area contributed by atoms with Crippen LogP contribution in [-0.2, 0) is 11.3 Å². The van der Waals surface area contributed by atoms with Gasteiger partial charge in [0.2, 0.25) is 11.9 Å². The summed E-state index contributed by atoms with van der Waals surface area (Å²) >= 11 is 0. The number of anilines is 2. The maximum atomic E-state index is 12.2. The van der Waals surface area contributed by atoms with Crippen LogP contribution in [-0.4, -0.2) is 106 Å². The molecular weight excluding hydrogens is 554 g/mol. The molecule has 0 radical (unpaired) electrons. The van der Waals surface area contributed by atoms with Gasteiger partial charge in [0.25, 0.3) is 0 Å². The molecule has 2 aliphatic heterocycles. The number of amides is 1. The first-order valence-electron chi connectivity index (χ1n) is 16.0. The molecule has 0 aliphatic carbocycles. The van der Waals surface area contributed by atoms with Gasteiger partial charge in [0.05, 0.1) is 6.20 Å². The van der Waals surface area contributed by atoms with Crippen molar-refractivity contribution in [2.45, 2.75) is 70.6 Å². The second kappa shape index (κ2) is 15.0. The average molecular weight is 604 g/mol. The number of carbonyl (C=O) groups is 1. The Labute approximate surface area is 261 Å². The maximum absolute atomic E-state index is 12.2. The van der Waals surface area contributed by atoms with E-state index in [4.69, 9.17) is 14.7 Å². The lowest BCUT2D eigenvalue weighted by atomic mass is 10.0. The molecule has 11 heteroatoms. The molecule has 0 bridgehead atoms. The molecule has 3 aromatic rings. The van der Waals surface area contributed by atoms with Crippen LogP contribution < -0.4 is 15.4 Å². The van der Waals surface area contributed by atoms with Gasteiger partial charge in [-0.1, -0.05) is 38.5 Å². The largest absolute Gasteiger partial charge is 0.460 e. The molecule has 2 N–H and O–H groups in total. The van der Waals surface area contributed by atoms with Crippen LogP contribution in [0, 0.1) is 0 Å². The number of benzene rings is 1.